The maximum absolute atomic E-state index is 12.8. The standard InChI is InChI=1S/C22H20N2O4/c1-14-5-2-8-17-18(10-12-28-20(14)17)24-21(25)15-6-3-7-16(13-15)23-22(26)19-9-4-11-27-19/h2-9,11,13,18H,10,12H2,1H3,(H,23,26)(H,24,25)/t18-/m0/s1. The number of hydrogen-bond acceptors (Lipinski definition) is 4. The van der Waals surface area contributed by atoms with Gasteiger partial charge < -0.3 is 19.8 Å². The van der Waals surface area contributed by atoms with Crippen LogP contribution in [0.1, 0.15) is 44.5 Å². The molecule has 6 heteroatoms. The first-order valence-corrected chi connectivity index (χ1v) is 9.10. The number of carbonyl (C=O) groups excluding carboxylic acids is 2. The van der Waals surface area contributed by atoms with E-state index in [4.69, 9.17) is 9.15 Å². The highest BCUT2D eigenvalue weighted by molar-refractivity contribution is 6.03. The van der Waals surface area contributed by atoms with Crippen LogP contribution in [0.3, 0.4) is 0 Å². The monoisotopic (exact) mass is 376 g/mol. The average molecular weight is 376 g/mol. The van der Waals surface area contributed by atoms with Crippen LogP contribution in [-0.2, 0) is 0 Å². The highest BCUT2D eigenvalue weighted by atomic mass is 16.5. The van der Waals surface area contributed by atoms with E-state index >= 15 is 0 Å². The fraction of sp³-hybridized carbons (Fsp3) is 0.182. The van der Waals surface area contributed by atoms with Gasteiger partial charge in [-0.1, -0.05) is 24.3 Å². The van der Waals surface area contributed by atoms with Gasteiger partial charge in [0.15, 0.2) is 5.76 Å². The van der Waals surface area contributed by atoms with Gasteiger partial charge in [0.25, 0.3) is 11.8 Å². The van der Waals surface area contributed by atoms with E-state index in [0.717, 1.165) is 16.9 Å². The molecular weight excluding hydrogens is 356 g/mol. The van der Waals surface area contributed by atoms with Crippen LogP contribution in [0.4, 0.5) is 5.69 Å². The van der Waals surface area contributed by atoms with Gasteiger partial charge in [0.1, 0.15) is 5.75 Å². The van der Waals surface area contributed by atoms with Crippen LogP contribution in [0.5, 0.6) is 5.75 Å². The number of hydrogen-bond donors (Lipinski definition) is 2. The van der Waals surface area contributed by atoms with Gasteiger partial charge in [0.2, 0.25) is 0 Å². The van der Waals surface area contributed by atoms with Gasteiger partial charge in [-0.2, -0.15) is 0 Å². The fourth-order valence-electron chi connectivity index (χ4n) is 3.31. The molecule has 6 nitrogen and oxygen atoms in total. The second-order valence-corrected chi connectivity index (χ2v) is 6.67. The van der Waals surface area contributed by atoms with Crippen LogP contribution in [0.2, 0.25) is 0 Å². The summed E-state index contributed by atoms with van der Waals surface area (Å²) in [5.41, 5.74) is 3.04. The Bertz CT molecular complexity index is 1010. The van der Waals surface area contributed by atoms with Gasteiger partial charge in [-0.15, -0.1) is 0 Å². The van der Waals surface area contributed by atoms with Crippen molar-refractivity contribution in [1.29, 1.82) is 0 Å². The van der Waals surface area contributed by atoms with E-state index in [1.54, 1.807) is 36.4 Å². The molecule has 3 aromatic rings. The lowest BCUT2D eigenvalue weighted by Gasteiger charge is -2.28. The van der Waals surface area contributed by atoms with Crippen molar-refractivity contribution in [3.63, 3.8) is 0 Å². The summed E-state index contributed by atoms with van der Waals surface area (Å²) < 4.78 is 10.8. The number of rotatable bonds is 4. The molecule has 1 aliphatic heterocycles. The number of ether oxygens (including phenoxy) is 1. The zero-order valence-electron chi connectivity index (χ0n) is 15.4. The van der Waals surface area contributed by atoms with Crippen LogP contribution in [0, 0.1) is 6.92 Å². The van der Waals surface area contributed by atoms with Crippen molar-refractivity contribution in [3.8, 4) is 5.75 Å². The van der Waals surface area contributed by atoms with E-state index in [9.17, 15) is 9.59 Å². The zero-order valence-corrected chi connectivity index (χ0v) is 15.4. The molecule has 28 heavy (non-hydrogen) atoms. The fourth-order valence-corrected chi connectivity index (χ4v) is 3.31. The number of furan rings is 1. The third-order valence-electron chi connectivity index (χ3n) is 4.70. The minimum atomic E-state index is -0.364. The quantitative estimate of drug-likeness (QED) is 0.719. The largest absolute Gasteiger partial charge is 0.493 e. The Morgan fingerprint density at radius 3 is 2.71 bits per heavy atom. The van der Waals surface area contributed by atoms with Gasteiger partial charge in [-0.3, -0.25) is 9.59 Å². The highest BCUT2D eigenvalue weighted by Crippen LogP contribution is 2.34. The van der Waals surface area contributed by atoms with E-state index in [1.807, 2.05) is 25.1 Å². The van der Waals surface area contributed by atoms with Gasteiger partial charge in [-0.25, -0.2) is 0 Å². The Hall–Kier alpha value is -3.54. The molecule has 0 spiro atoms. The number of fused-ring (bicyclic) bond motifs is 1. The van der Waals surface area contributed by atoms with Gasteiger partial charge in [0, 0.05) is 23.2 Å². The Labute approximate surface area is 162 Å². The summed E-state index contributed by atoms with van der Waals surface area (Å²) in [6.07, 6.45) is 2.14. The number of amides is 2. The minimum absolute atomic E-state index is 0.113. The summed E-state index contributed by atoms with van der Waals surface area (Å²) in [5, 5.41) is 5.81. The second-order valence-electron chi connectivity index (χ2n) is 6.67. The Morgan fingerprint density at radius 2 is 1.89 bits per heavy atom. The third-order valence-corrected chi connectivity index (χ3v) is 4.70. The lowest BCUT2D eigenvalue weighted by Crippen LogP contribution is -2.32. The Balaban J connectivity index is 1.49. The van der Waals surface area contributed by atoms with Crippen molar-refractivity contribution in [1.82, 2.24) is 5.32 Å². The van der Waals surface area contributed by atoms with Crippen molar-refractivity contribution in [2.75, 3.05) is 11.9 Å². The first-order chi connectivity index (χ1) is 13.6. The minimum Gasteiger partial charge on any atom is -0.493 e. The number of para-hydroxylation sites is 1. The van der Waals surface area contributed by atoms with Crippen molar-refractivity contribution in [3.05, 3.63) is 83.3 Å². The summed E-state index contributed by atoms with van der Waals surface area (Å²) in [4.78, 5) is 24.9. The van der Waals surface area contributed by atoms with Crippen molar-refractivity contribution in [2.24, 2.45) is 0 Å². The van der Waals surface area contributed by atoms with Crippen LogP contribution in [0.15, 0.2) is 65.3 Å². The van der Waals surface area contributed by atoms with E-state index < -0.39 is 0 Å². The topological polar surface area (TPSA) is 80.6 Å². The lowest BCUT2D eigenvalue weighted by atomic mass is 9.97. The van der Waals surface area contributed by atoms with E-state index in [2.05, 4.69) is 10.6 Å². The number of aryl methyl sites for hydroxylation is 1. The molecule has 0 aliphatic carbocycles. The summed E-state index contributed by atoms with van der Waals surface area (Å²) >= 11 is 0. The number of carbonyl (C=O) groups is 2. The van der Waals surface area contributed by atoms with E-state index in [1.165, 1.54) is 6.26 Å². The molecule has 0 bridgehead atoms. The van der Waals surface area contributed by atoms with Crippen molar-refractivity contribution in [2.45, 2.75) is 19.4 Å². The van der Waals surface area contributed by atoms with Gasteiger partial charge in [-0.05, 0) is 42.8 Å². The molecule has 2 aromatic carbocycles. The van der Waals surface area contributed by atoms with Crippen LogP contribution >= 0.6 is 0 Å². The summed E-state index contributed by atoms with van der Waals surface area (Å²) in [6, 6.07) is 15.9. The number of anilines is 1. The predicted octanol–water partition coefficient (Wildman–Crippen LogP) is 4.09. The molecule has 4 rings (SSSR count). The summed E-state index contributed by atoms with van der Waals surface area (Å²) in [6.45, 7) is 2.55. The third kappa shape index (κ3) is 3.62. The Kier molecular flexibility index (Phi) is 4.85. The predicted molar refractivity (Wildman–Crippen MR) is 105 cm³/mol. The van der Waals surface area contributed by atoms with Crippen molar-refractivity contribution < 1.29 is 18.7 Å². The average Bonchev–Trinajstić information content (AvgIpc) is 3.24. The number of benzene rings is 2. The maximum atomic E-state index is 12.8. The summed E-state index contributed by atoms with van der Waals surface area (Å²) in [5.74, 6) is 0.493. The molecule has 1 aliphatic rings. The molecule has 1 aromatic heterocycles. The van der Waals surface area contributed by atoms with Crippen molar-refractivity contribution >= 4 is 17.5 Å². The normalized spacial score (nSPS) is 15.2. The molecule has 2 heterocycles. The van der Waals surface area contributed by atoms with Crippen LogP contribution in [-0.4, -0.2) is 18.4 Å². The zero-order chi connectivity index (χ0) is 19.5. The van der Waals surface area contributed by atoms with Gasteiger partial charge >= 0.3 is 0 Å². The second kappa shape index (κ2) is 7.60. The molecular formula is C22H20N2O4. The summed E-state index contributed by atoms with van der Waals surface area (Å²) in [7, 11) is 0. The van der Waals surface area contributed by atoms with E-state index in [0.29, 0.717) is 24.3 Å². The molecule has 1 atom stereocenters. The first-order valence-electron chi connectivity index (χ1n) is 9.10. The molecule has 0 unspecified atom stereocenters. The molecule has 0 saturated heterocycles. The molecule has 142 valence electrons. The first kappa shape index (κ1) is 17.9. The Morgan fingerprint density at radius 1 is 1.04 bits per heavy atom. The van der Waals surface area contributed by atoms with Gasteiger partial charge in [0.05, 0.1) is 18.9 Å². The molecule has 2 N–H and O–H groups in total. The van der Waals surface area contributed by atoms with Crippen LogP contribution < -0.4 is 15.4 Å². The molecule has 0 fully saturated rings. The maximum Gasteiger partial charge on any atom is 0.291 e. The molecule has 0 saturated carbocycles. The SMILES string of the molecule is Cc1cccc2c1OCC[C@@H]2NC(=O)c1cccc(NC(=O)c2ccco2)c1. The highest BCUT2D eigenvalue weighted by Gasteiger charge is 2.24. The van der Waals surface area contributed by atoms with Crippen LogP contribution in [0.25, 0.3) is 0 Å². The molecule has 2 amide bonds. The molecule has 0 radical (unpaired) electrons. The van der Waals surface area contributed by atoms with E-state index in [-0.39, 0.29) is 23.6 Å². The number of nitrogens with one attached hydrogen (secondary N) is 2. The lowest BCUT2D eigenvalue weighted by molar-refractivity contribution is 0.0923. The smallest absolute Gasteiger partial charge is 0.291 e.